The van der Waals surface area contributed by atoms with Gasteiger partial charge >= 0.3 is 0 Å². The number of pyridine rings is 1. The number of likely N-dealkylation sites (tertiary alicyclic amines) is 1. The minimum Gasteiger partial charge on any atom is -0.365 e. The lowest BCUT2D eigenvalue weighted by molar-refractivity contribution is 0.0676. The Morgan fingerprint density at radius 1 is 1.35 bits per heavy atom. The highest BCUT2D eigenvalue weighted by Crippen LogP contribution is 2.17. The van der Waals surface area contributed by atoms with Crippen LogP contribution in [0.5, 0.6) is 0 Å². The van der Waals surface area contributed by atoms with E-state index in [1.807, 2.05) is 17.0 Å². The summed E-state index contributed by atoms with van der Waals surface area (Å²) in [7, 11) is 0. The molecule has 2 aromatic rings. The lowest BCUT2D eigenvalue weighted by Crippen LogP contribution is -2.39. The molecule has 1 aliphatic rings. The van der Waals surface area contributed by atoms with Crippen LogP contribution in [0, 0.1) is 5.92 Å². The summed E-state index contributed by atoms with van der Waals surface area (Å²) in [6, 6.07) is 3.88. The molecule has 6 nitrogen and oxygen atoms in total. The smallest absolute Gasteiger partial charge is 0.274 e. The number of amides is 1. The Balaban J connectivity index is 1.59. The minimum absolute atomic E-state index is 0.0251. The number of rotatable bonds is 4. The molecular formula is C17H21N5O. The molecule has 3 heterocycles. The van der Waals surface area contributed by atoms with Gasteiger partial charge in [-0.1, -0.05) is 13.0 Å². The zero-order valence-corrected chi connectivity index (χ0v) is 13.3. The molecular weight excluding hydrogens is 290 g/mol. The molecule has 120 valence electrons. The lowest BCUT2D eigenvalue weighted by Gasteiger charge is -2.30. The van der Waals surface area contributed by atoms with E-state index < -0.39 is 0 Å². The number of carbonyl (C=O) groups is 1. The van der Waals surface area contributed by atoms with Crippen LogP contribution >= 0.6 is 0 Å². The van der Waals surface area contributed by atoms with Gasteiger partial charge in [0.15, 0.2) is 0 Å². The van der Waals surface area contributed by atoms with Crippen molar-refractivity contribution in [2.45, 2.75) is 26.3 Å². The molecule has 0 saturated carbocycles. The van der Waals surface area contributed by atoms with Gasteiger partial charge < -0.3 is 10.2 Å². The van der Waals surface area contributed by atoms with Crippen LogP contribution in [-0.2, 0) is 6.54 Å². The second-order valence-electron chi connectivity index (χ2n) is 6.00. The topological polar surface area (TPSA) is 71.0 Å². The number of piperidine rings is 1. The summed E-state index contributed by atoms with van der Waals surface area (Å²) >= 11 is 0. The number of nitrogens with zero attached hydrogens (tertiary/aromatic N) is 4. The molecule has 0 spiro atoms. The maximum Gasteiger partial charge on any atom is 0.274 e. The van der Waals surface area contributed by atoms with Crippen LogP contribution in [0.15, 0.2) is 36.9 Å². The molecule has 1 saturated heterocycles. The molecule has 0 aromatic carbocycles. The number of hydrogen-bond donors (Lipinski definition) is 1. The van der Waals surface area contributed by atoms with Gasteiger partial charge in [-0.3, -0.25) is 9.78 Å². The Kier molecular flexibility index (Phi) is 4.80. The SMILES string of the molecule is CC1CCCN(C(=O)c2cnc(NCc3cccnc3)cn2)C1. The molecule has 6 heteroatoms. The monoisotopic (exact) mass is 311 g/mol. The van der Waals surface area contributed by atoms with E-state index in [4.69, 9.17) is 0 Å². The van der Waals surface area contributed by atoms with Crippen molar-refractivity contribution in [2.75, 3.05) is 18.4 Å². The van der Waals surface area contributed by atoms with E-state index in [0.29, 0.717) is 24.0 Å². The fourth-order valence-corrected chi connectivity index (χ4v) is 2.76. The first-order valence-corrected chi connectivity index (χ1v) is 7.96. The van der Waals surface area contributed by atoms with Gasteiger partial charge in [0, 0.05) is 32.0 Å². The molecule has 23 heavy (non-hydrogen) atoms. The normalized spacial score (nSPS) is 17.8. The molecule has 3 rings (SSSR count). The van der Waals surface area contributed by atoms with E-state index in [9.17, 15) is 4.79 Å². The lowest BCUT2D eigenvalue weighted by atomic mass is 10.0. The quantitative estimate of drug-likeness (QED) is 0.938. The summed E-state index contributed by atoms with van der Waals surface area (Å²) in [5.41, 5.74) is 1.47. The number of hydrogen-bond acceptors (Lipinski definition) is 5. The van der Waals surface area contributed by atoms with E-state index in [2.05, 4.69) is 27.2 Å². The average Bonchev–Trinajstić information content (AvgIpc) is 2.61. The summed E-state index contributed by atoms with van der Waals surface area (Å²) in [5, 5.41) is 3.18. The molecule has 0 aliphatic carbocycles. The van der Waals surface area contributed by atoms with Crippen LogP contribution in [0.4, 0.5) is 5.82 Å². The molecule has 1 N–H and O–H groups in total. The summed E-state index contributed by atoms with van der Waals surface area (Å²) < 4.78 is 0. The van der Waals surface area contributed by atoms with E-state index in [1.54, 1.807) is 24.8 Å². The first-order chi connectivity index (χ1) is 11.2. The van der Waals surface area contributed by atoms with Gasteiger partial charge in [0.05, 0.1) is 12.4 Å². The van der Waals surface area contributed by atoms with Gasteiger partial charge in [0.25, 0.3) is 5.91 Å². The summed E-state index contributed by atoms with van der Waals surface area (Å²) in [6.07, 6.45) is 8.95. The highest BCUT2D eigenvalue weighted by molar-refractivity contribution is 5.92. The van der Waals surface area contributed by atoms with Gasteiger partial charge in [-0.25, -0.2) is 9.97 Å². The predicted octanol–water partition coefficient (Wildman–Crippen LogP) is 2.36. The molecule has 2 aromatic heterocycles. The number of nitrogens with one attached hydrogen (secondary N) is 1. The van der Waals surface area contributed by atoms with Crippen molar-refractivity contribution in [3.8, 4) is 0 Å². The molecule has 0 radical (unpaired) electrons. The van der Waals surface area contributed by atoms with Gasteiger partial charge in [0.1, 0.15) is 11.5 Å². The Morgan fingerprint density at radius 3 is 2.96 bits per heavy atom. The van der Waals surface area contributed by atoms with Crippen molar-refractivity contribution in [2.24, 2.45) is 5.92 Å². The Bertz CT molecular complexity index is 644. The second kappa shape index (κ2) is 7.17. The number of carbonyl (C=O) groups excluding carboxylic acids is 1. The van der Waals surface area contributed by atoms with Crippen LogP contribution in [0.1, 0.15) is 35.8 Å². The van der Waals surface area contributed by atoms with E-state index in [-0.39, 0.29) is 5.91 Å². The van der Waals surface area contributed by atoms with Gasteiger partial charge in [0.2, 0.25) is 0 Å². The Hall–Kier alpha value is -2.50. The van der Waals surface area contributed by atoms with Crippen LogP contribution in [0.25, 0.3) is 0 Å². The van der Waals surface area contributed by atoms with E-state index >= 15 is 0 Å². The fraction of sp³-hybridized carbons (Fsp3) is 0.412. The van der Waals surface area contributed by atoms with Gasteiger partial charge in [-0.05, 0) is 30.4 Å². The van der Waals surface area contributed by atoms with Crippen LogP contribution < -0.4 is 5.32 Å². The summed E-state index contributed by atoms with van der Waals surface area (Å²) in [4.78, 5) is 26.9. The Labute approximate surface area is 136 Å². The van der Waals surface area contributed by atoms with Crippen molar-refractivity contribution < 1.29 is 4.79 Å². The first kappa shape index (κ1) is 15.4. The van der Waals surface area contributed by atoms with Crippen LogP contribution in [-0.4, -0.2) is 38.8 Å². The van der Waals surface area contributed by atoms with E-state index in [0.717, 1.165) is 25.1 Å². The number of anilines is 1. The number of aromatic nitrogens is 3. The average molecular weight is 311 g/mol. The second-order valence-corrected chi connectivity index (χ2v) is 6.00. The molecule has 1 fully saturated rings. The third-order valence-electron chi connectivity index (χ3n) is 4.01. The predicted molar refractivity (Wildman–Crippen MR) is 87.9 cm³/mol. The van der Waals surface area contributed by atoms with Crippen LogP contribution in [0.3, 0.4) is 0 Å². The first-order valence-electron chi connectivity index (χ1n) is 7.96. The van der Waals surface area contributed by atoms with Crippen molar-refractivity contribution >= 4 is 11.7 Å². The van der Waals surface area contributed by atoms with Crippen molar-refractivity contribution in [3.05, 3.63) is 48.2 Å². The third kappa shape index (κ3) is 4.03. The highest BCUT2D eigenvalue weighted by atomic mass is 16.2. The zero-order chi connectivity index (χ0) is 16.1. The van der Waals surface area contributed by atoms with Gasteiger partial charge in [-0.15, -0.1) is 0 Å². The van der Waals surface area contributed by atoms with Crippen LogP contribution in [0.2, 0.25) is 0 Å². The van der Waals surface area contributed by atoms with Crippen molar-refractivity contribution in [3.63, 3.8) is 0 Å². The maximum atomic E-state index is 12.4. The van der Waals surface area contributed by atoms with Gasteiger partial charge in [-0.2, -0.15) is 0 Å². The van der Waals surface area contributed by atoms with Crippen molar-refractivity contribution in [1.82, 2.24) is 19.9 Å². The van der Waals surface area contributed by atoms with Crippen molar-refractivity contribution in [1.29, 1.82) is 0 Å². The molecule has 1 unspecified atom stereocenters. The zero-order valence-electron chi connectivity index (χ0n) is 13.3. The largest absolute Gasteiger partial charge is 0.365 e. The summed E-state index contributed by atoms with van der Waals surface area (Å²) in [5.74, 6) is 1.18. The standard InChI is InChI=1S/C17H21N5O/c1-13-4-3-7-22(12-13)17(23)15-10-21-16(11-19-15)20-9-14-5-2-6-18-8-14/h2,5-6,8,10-11,13H,3-4,7,9,12H2,1H3,(H,20,21). The third-order valence-corrected chi connectivity index (χ3v) is 4.01. The molecule has 1 amide bonds. The molecule has 1 atom stereocenters. The maximum absolute atomic E-state index is 12.4. The molecule has 1 aliphatic heterocycles. The molecule has 0 bridgehead atoms. The Morgan fingerprint density at radius 2 is 2.26 bits per heavy atom. The fourth-order valence-electron chi connectivity index (χ4n) is 2.76. The van der Waals surface area contributed by atoms with E-state index in [1.165, 1.54) is 6.42 Å². The minimum atomic E-state index is -0.0251. The highest BCUT2D eigenvalue weighted by Gasteiger charge is 2.22. The summed E-state index contributed by atoms with van der Waals surface area (Å²) in [6.45, 7) is 4.42.